The second kappa shape index (κ2) is 15.5. The van der Waals surface area contributed by atoms with Crippen molar-refractivity contribution in [2.75, 3.05) is 63.4 Å². The monoisotopic (exact) mass is 524 g/mol. The number of hydrogen-bond acceptors (Lipinski definition) is 11. The second-order valence-electron chi connectivity index (χ2n) is 7.04. The van der Waals surface area contributed by atoms with Crippen molar-refractivity contribution in [3.8, 4) is 0 Å². The number of amides is 3. The number of nitrogens with zero attached hydrogens (tertiary/aromatic N) is 2. The molecule has 2 rings (SSSR count). The number of nitrogens with two attached hydrogens (primary N) is 1. The molecule has 0 saturated carbocycles. The summed E-state index contributed by atoms with van der Waals surface area (Å²) in [7, 11) is 0. The zero-order valence-corrected chi connectivity index (χ0v) is 20.4. The van der Waals surface area contributed by atoms with E-state index in [0.717, 1.165) is 6.20 Å². The molecule has 15 heteroatoms. The van der Waals surface area contributed by atoms with Gasteiger partial charge in [0.25, 0.3) is 11.8 Å². The predicted octanol–water partition coefficient (Wildman–Crippen LogP) is 1.00. The van der Waals surface area contributed by atoms with Crippen molar-refractivity contribution in [1.82, 2.24) is 10.3 Å². The number of aromatic nitrogens is 1. The van der Waals surface area contributed by atoms with Crippen LogP contribution in [0.25, 0.3) is 0 Å². The van der Waals surface area contributed by atoms with Crippen molar-refractivity contribution in [1.29, 1.82) is 0 Å². The molecule has 0 unspecified atom stereocenters. The number of hydrogen-bond donors (Lipinski definition) is 4. The van der Waals surface area contributed by atoms with Gasteiger partial charge in [0.2, 0.25) is 5.91 Å². The minimum absolute atomic E-state index is 0.0209. The number of ether oxygens (including phenoxy) is 3. The quantitative estimate of drug-likeness (QED) is 0.140. The number of rotatable bonds is 16. The summed E-state index contributed by atoms with van der Waals surface area (Å²) in [5.74, 6) is -1.54. The fraction of sp³-hybridized carbons (Fsp3) is 0.429. The Bertz CT molecular complexity index is 1050. The molecule has 0 aliphatic heterocycles. The highest BCUT2D eigenvalue weighted by Crippen LogP contribution is 2.26. The van der Waals surface area contributed by atoms with E-state index in [2.05, 4.69) is 20.9 Å². The Morgan fingerprint density at radius 3 is 2.31 bits per heavy atom. The minimum atomic E-state index is -0.656. The summed E-state index contributed by atoms with van der Waals surface area (Å²) < 4.78 is 15.9. The van der Waals surface area contributed by atoms with E-state index in [0.29, 0.717) is 50.9 Å². The van der Waals surface area contributed by atoms with Gasteiger partial charge in [-0.2, -0.15) is 0 Å². The van der Waals surface area contributed by atoms with Crippen molar-refractivity contribution < 1.29 is 33.5 Å². The molecule has 0 aliphatic rings. The van der Waals surface area contributed by atoms with Crippen molar-refractivity contribution in [2.24, 2.45) is 5.73 Å². The number of carbonyl (C=O) groups excluding carboxylic acids is 3. The first-order valence-electron chi connectivity index (χ1n) is 10.9. The Kier molecular flexibility index (Phi) is 12.4. The van der Waals surface area contributed by atoms with Gasteiger partial charge >= 0.3 is 5.00 Å². The maximum Gasteiger partial charge on any atom is 0.345 e. The molecule has 1 aromatic heterocycles. The number of benzene rings is 1. The first kappa shape index (κ1) is 28.7. The summed E-state index contributed by atoms with van der Waals surface area (Å²) in [5.41, 5.74) is 5.67. The third-order valence-electron chi connectivity index (χ3n) is 4.27. The third-order valence-corrected chi connectivity index (χ3v) is 5.13. The molecule has 0 spiro atoms. The van der Waals surface area contributed by atoms with Crippen molar-refractivity contribution in [2.45, 2.75) is 6.92 Å². The van der Waals surface area contributed by atoms with Crippen LogP contribution in [0.2, 0.25) is 0 Å². The molecule has 0 fully saturated rings. The highest BCUT2D eigenvalue weighted by molar-refractivity contribution is 7.18. The number of nitro groups is 1. The fourth-order valence-electron chi connectivity index (χ4n) is 2.71. The summed E-state index contributed by atoms with van der Waals surface area (Å²) in [5, 5.41) is 18.2. The van der Waals surface area contributed by atoms with Crippen LogP contribution < -0.4 is 21.7 Å². The van der Waals surface area contributed by atoms with E-state index in [4.69, 9.17) is 19.9 Å². The van der Waals surface area contributed by atoms with Crippen LogP contribution in [0.4, 0.5) is 15.8 Å². The smallest absolute Gasteiger partial charge is 0.345 e. The topological polar surface area (TPSA) is 197 Å². The van der Waals surface area contributed by atoms with Gasteiger partial charge in [-0.3, -0.25) is 29.8 Å². The predicted molar refractivity (Wildman–Crippen MR) is 131 cm³/mol. The van der Waals surface area contributed by atoms with Gasteiger partial charge < -0.3 is 30.6 Å². The molecule has 5 N–H and O–H groups in total. The molecule has 1 heterocycles. The van der Waals surface area contributed by atoms with Crippen molar-refractivity contribution >= 4 is 44.9 Å². The largest absolute Gasteiger partial charge is 0.378 e. The molecule has 196 valence electrons. The van der Waals surface area contributed by atoms with Crippen LogP contribution in [0.15, 0.2) is 24.4 Å². The molecule has 0 radical (unpaired) electrons. The van der Waals surface area contributed by atoms with E-state index in [1.54, 1.807) is 0 Å². The van der Waals surface area contributed by atoms with E-state index < -0.39 is 22.6 Å². The number of carbonyl (C=O) groups is 3. The van der Waals surface area contributed by atoms with Crippen molar-refractivity contribution in [3.63, 3.8) is 0 Å². The maximum absolute atomic E-state index is 12.7. The lowest BCUT2D eigenvalue weighted by atomic mass is 10.1. The summed E-state index contributed by atoms with van der Waals surface area (Å²) in [6, 6.07) is 4.14. The van der Waals surface area contributed by atoms with Gasteiger partial charge in [0, 0.05) is 25.6 Å². The number of thiazole rings is 1. The van der Waals surface area contributed by atoms with Crippen molar-refractivity contribution in [3.05, 3.63) is 45.6 Å². The van der Waals surface area contributed by atoms with E-state index in [-0.39, 0.29) is 40.1 Å². The summed E-state index contributed by atoms with van der Waals surface area (Å²) in [6.45, 7) is 4.34. The Hall–Kier alpha value is -3.50. The molecular formula is C21H28N6O8S. The third kappa shape index (κ3) is 10.0. The van der Waals surface area contributed by atoms with Gasteiger partial charge in [0.05, 0.1) is 55.8 Å². The lowest BCUT2D eigenvalue weighted by Gasteiger charge is -2.12. The van der Waals surface area contributed by atoms with Crippen LogP contribution in [0, 0.1) is 10.1 Å². The van der Waals surface area contributed by atoms with Crippen LogP contribution in [-0.2, 0) is 19.0 Å². The molecule has 3 amide bonds. The second-order valence-corrected chi connectivity index (χ2v) is 8.05. The minimum Gasteiger partial charge on any atom is -0.378 e. The van der Waals surface area contributed by atoms with Crippen LogP contribution in [0.3, 0.4) is 0 Å². The Balaban J connectivity index is 1.85. The molecule has 1 aromatic carbocycles. The highest BCUT2D eigenvalue weighted by Gasteiger charge is 2.19. The van der Waals surface area contributed by atoms with Gasteiger partial charge in [-0.05, 0) is 29.5 Å². The van der Waals surface area contributed by atoms with Crippen LogP contribution in [0.1, 0.15) is 27.6 Å². The lowest BCUT2D eigenvalue weighted by molar-refractivity contribution is -0.380. The first-order chi connectivity index (χ1) is 17.3. The average Bonchev–Trinajstić information content (AvgIpc) is 3.30. The number of anilines is 2. The van der Waals surface area contributed by atoms with Crippen LogP contribution in [-0.4, -0.2) is 80.4 Å². The molecular weight excluding hydrogens is 496 g/mol. The summed E-state index contributed by atoms with van der Waals surface area (Å²) >= 11 is 0.690. The molecule has 2 aromatic rings. The van der Waals surface area contributed by atoms with Gasteiger partial charge in [0.1, 0.15) is 6.20 Å². The standard InChI is InChI=1S/C21H28N6O8S/c1-14(28)25-17-12-15(19(29)23-5-7-34-9-11-35-10-8-33-6-4-22)2-3-16(17)20(30)26-21-24-13-18(36-21)27(31)32/h2-3,12-13H,4-11,22H2,1H3,(H,23,29)(H,25,28)(H,24,26,30). The van der Waals surface area contributed by atoms with E-state index in [1.807, 2.05) is 0 Å². The zero-order valence-electron chi connectivity index (χ0n) is 19.6. The molecule has 0 atom stereocenters. The van der Waals surface area contributed by atoms with Gasteiger partial charge in [-0.1, -0.05) is 0 Å². The van der Waals surface area contributed by atoms with Gasteiger partial charge in [0.15, 0.2) is 5.13 Å². The van der Waals surface area contributed by atoms with Crippen LogP contribution >= 0.6 is 11.3 Å². The number of nitrogens with one attached hydrogen (secondary N) is 3. The molecule has 0 bridgehead atoms. The Labute approximate surface area is 210 Å². The lowest BCUT2D eigenvalue weighted by Crippen LogP contribution is -2.28. The van der Waals surface area contributed by atoms with Gasteiger partial charge in [-0.15, -0.1) is 0 Å². The summed E-state index contributed by atoms with van der Waals surface area (Å²) in [6.07, 6.45) is 1.03. The van der Waals surface area contributed by atoms with E-state index >= 15 is 0 Å². The molecule has 14 nitrogen and oxygen atoms in total. The fourth-order valence-corrected chi connectivity index (χ4v) is 3.34. The summed E-state index contributed by atoms with van der Waals surface area (Å²) in [4.78, 5) is 50.7. The molecule has 0 aliphatic carbocycles. The molecule has 36 heavy (non-hydrogen) atoms. The normalized spacial score (nSPS) is 10.6. The maximum atomic E-state index is 12.7. The molecule has 0 saturated heterocycles. The van der Waals surface area contributed by atoms with Crippen LogP contribution in [0.5, 0.6) is 0 Å². The van der Waals surface area contributed by atoms with E-state index in [9.17, 15) is 24.5 Å². The Morgan fingerprint density at radius 1 is 1.03 bits per heavy atom. The Morgan fingerprint density at radius 2 is 1.69 bits per heavy atom. The van der Waals surface area contributed by atoms with E-state index in [1.165, 1.54) is 25.1 Å². The first-order valence-corrected chi connectivity index (χ1v) is 11.7. The average molecular weight is 525 g/mol. The van der Waals surface area contributed by atoms with Gasteiger partial charge in [-0.25, -0.2) is 4.98 Å². The SMILES string of the molecule is CC(=O)Nc1cc(C(=O)NCCOCCOCCOCCN)ccc1C(=O)Nc1ncc([N+](=O)[O-])s1. The highest BCUT2D eigenvalue weighted by atomic mass is 32.1. The zero-order chi connectivity index (χ0) is 26.3.